The fourth-order valence-electron chi connectivity index (χ4n) is 5.89. The fourth-order valence-corrected chi connectivity index (χ4v) is 8.50. The Morgan fingerprint density at radius 2 is 1.67 bits per heavy atom. The third kappa shape index (κ3) is 3.72. The molecule has 2 aliphatic rings. The lowest BCUT2D eigenvalue weighted by Gasteiger charge is -2.26. The Morgan fingerprint density at radius 1 is 0.944 bits per heavy atom. The smallest absolute Gasteiger partial charge is 0.345 e. The fraction of sp³-hybridized carbons (Fsp3) is 0.219. The zero-order chi connectivity index (χ0) is 25.0. The van der Waals surface area contributed by atoms with E-state index in [9.17, 15) is 4.79 Å². The summed E-state index contributed by atoms with van der Waals surface area (Å²) in [5, 5.41) is 2.39. The number of ether oxygens (including phenoxy) is 2. The van der Waals surface area contributed by atoms with E-state index in [4.69, 9.17) is 9.47 Å². The van der Waals surface area contributed by atoms with Crippen LogP contribution < -0.4 is 4.74 Å². The molecule has 1 aliphatic heterocycles. The van der Waals surface area contributed by atoms with Crippen LogP contribution in [0.4, 0.5) is 0 Å². The van der Waals surface area contributed by atoms with Crippen molar-refractivity contribution in [2.75, 3.05) is 6.61 Å². The van der Waals surface area contributed by atoms with Crippen molar-refractivity contribution < 1.29 is 14.3 Å². The average Bonchev–Trinajstić information content (AvgIpc) is 3.33. The van der Waals surface area contributed by atoms with Gasteiger partial charge < -0.3 is 9.47 Å². The Morgan fingerprint density at radius 3 is 2.44 bits per heavy atom. The third-order valence-corrected chi connectivity index (χ3v) is 9.86. The van der Waals surface area contributed by atoms with Gasteiger partial charge in [0.25, 0.3) is 0 Å². The van der Waals surface area contributed by atoms with Crippen LogP contribution in [-0.4, -0.2) is 12.6 Å². The summed E-state index contributed by atoms with van der Waals surface area (Å²) in [7, 11) is -0.525. The molecule has 1 aliphatic carbocycles. The zero-order valence-corrected chi connectivity index (χ0v) is 22.0. The monoisotopic (exact) mass is 494 g/mol. The molecule has 3 nitrogen and oxygen atoms in total. The number of rotatable bonds is 5. The number of hydrogen-bond acceptors (Lipinski definition) is 3. The van der Waals surface area contributed by atoms with Crippen molar-refractivity contribution in [1.82, 2.24) is 0 Å². The van der Waals surface area contributed by atoms with Crippen molar-refractivity contribution >= 4 is 33.7 Å². The Bertz CT molecular complexity index is 1540. The molecule has 4 heteroatoms. The average molecular weight is 495 g/mol. The normalized spacial score (nSPS) is 20.8. The number of fused-ring (bicyclic) bond motifs is 1. The second-order valence-corrected chi connectivity index (χ2v) is 12.5. The van der Waals surface area contributed by atoms with Gasteiger partial charge in [-0.3, -0.25) is 0 Å². The van der Waals surface area contributed by atoms with E-state index in [0.29, 0.717) is 6.42 Å². The highest BCUT2D eigenvalue weighted by Crippen LogP contribution is 2.57. The van der Waals surface area contributed by atoms with E-state index in [1.165, 1.54) is 36.6 Å². The SMILES string of the molecule is CC1=Cc2ccccc2[SH]1c1cc(C)c(OCC(=O)OC2(C)Cc3cccc4cccc2c34)c(C)c1. The van der Waals surface area contributed by atoms with Gasteiger partial charge in [0, 0.05) is 16.9 Å². The van der Waals surface area contributed by atoms with Crippen molar-refractivity contribution in [2.24, 2.45) is 0 Å². The van der Waals surface area contributed by atoms with Gasteiger partial charge in [-0.05, 0) is 94.8 Å². The lowest BCUT2D eigenvalue weighted by Crippen LogP contribution is -2.31. The van der Waals surface area contributed by atoms with Crippen LogP contribution in [0.25, 0.3) is 16.8 Å². The number of esters is 1. The molecule has 36 heavy (non-hydrogen) atoms. The quantitative estimate of drug-likeness (QED) is 0.229. The molecule has 4 aromatic rings. The first-order valence-corrected chi connectivity index (χ1v) is 13.7. The maximum Gasteiger partial charge on any atom is 0.345 e. The molecule has 0 N–H and O–H groups in total. The Hall–Kier alpha value is -3.50. The molecule has 0 bridgehead atoms. The summed E-state index contributed by atoms with van der Waals surface area (Å²) < 4.78 is 12.1. The maximum atomic E-state index is 13.0. The third-order valence-electron chi connectivity index (χ3n) is 7.36. The molecular weight excluding hydrogens is 464 g/mol. The summed E-state index contributed by atoms with van der Waals surface area (Å²) >= 11 is 0. The topological polar surface area (TPSA) is 35.5 Å². The molecular formula is C32H30O3S. The molecule has 0 saturated heterocycles. The van der Waals surface area contributed by atoms with E-state index in [-0.39, 0.29) is 12.6 Å². The summed E-state index contributed by atoms with van der Waals surface area (Å²) in [4.78, 5) is 17.1. The van der Waals surface area contributed by atoms with Crippen LogP contribution >= 0.6 is 10.9 Å². The Balaban J connectivity index is 1.19. The van der Waals surface area contributed by atoms with Gasteiger partial charge in [0.1, 0.15) is 11.4 Å². The van der Waals surface area contributed by atoms with Crippen LogP contribution in [0.1, 0.15) is 41.7 Å². The minimum Gasteiger partial charge on any atom is -0.481 e. The second kappa shape index (κ2) is 8.56. The summed E-state index contributed by atoms with van der Waals surface area (Å²) in [5.41, 5.74) is 5.02. The van der Waals surface area contributed by atoms with E-state index in [1.54, 1.807) is 0 Å². The highest BCUT2D eigenvalue weighted by molar-refractivity contribution is 8.20. The maximum absolute atomic E-state index is 13.0. The minimum absolute atomic E-state index is 0.112. The lowest BCUT2D eigenvalue weighted by atomic mass is 9.97. The summed E-state index contributed by atoms with van der Waals surface area (Å²) in [6, 6.07) is 25.6. The number of hydrogen-bond donors (Lipinski definition) is 1. The summed E-state index contributed by atoms with van der Waals surface area (Å²) in [6.45, 7) is 8.23. The number of carbonyl (C=O) groups is 1. The number of allylic oxidation sites excluding steroid dienone is 1. The van der Waals surface area contributed by atoms with Crippen molar-refractivity contribution in [3.63, 3.8) is 0 Å². The standard InChI is InChI=1S/C32H30O3S/c1-20-15-26(36-22(3)17-24-9-5-6-14-28(24)36)16-21(2)31(20)34-19-29(33)35-32(4)18-25-12-7-10-23-11-8-13-27(32)30(23)25/h5-17,36H,18-19H2,1-4H3. The minimum atomic E-state index is -0.681. The van der Waals surface area contributed by atoms with Crippen molar-refractivity contribution in [2.45, 2.75) is 49.5 Å². The summed E-state index contributed by atoms with van der Waals surface area (Å²) in [6.07, 6.45) is 2.98. The molecule has 2 unspecified atom stereocenters. The molecule has 2 atom stereocenters. The van der Waals surface area contributed by atoms with E-state index < -0.39 is 16.5 Å². The number of thiol groups is 1. The first-order valence-electron chi connectivity index (χ1n) is 12.4. The van der Waals surface area contributed by atoms with Crippen molar-refractivity contribution in [3.05, 3.63) is 106 Å². The molecule has 0 fully saturated rings. The summed E-state index contributed by atoms with van der Waals surface area (Å²) in [5.74, 6) is 0.417. The molecule has 1 heterocycles. The van der Waals surface area contributed by atoms with Crippen LogP contribution in [0.5, 0.6) is 5.75 Å². The zero-order valence-electron chi connectivity index (χ0n) is 21.1. The van der Waals surface area contributed by atoms with E-state index in [2.05, 4.69) is 93.6 Å². The van der Waals surface area contributed by atoms with Crippen molar-refractivity contribution in [1.29, 1.82) is 0 Å². The van der Waals surface area contributed by atoms with Gasteiger partial charge in [0.05, 0.1) is 0 Å². The van der Waals surface area contributed by atoms with Gasteiger partial charge in [0.2, 0.25) is 0 Å². The predicted octanol–water partition coefficient (Wildman–Crippen LogP) is 7.64. The van der Waals surface area contributed by atoms with Gasteiger partial charge in [-0.1, -0.05) is 54.6 Å². The molecule has 0 aromatic heterocycles. The van der Waals surface area contributed by atoms with Crippen LogP contribution in [0.3, 0.4) is 0 Å². The predicted molar refractivity (Wildman–Crippen MR) is 148 cm³/mol. The van der Waals surface area contributed by atoms with Gasteiger partial charge in [0.15, 0.2) is 6.61 Å². The number of benzene rings is 4. The lowest BCUT2D eigenvalue weighted by molar-refractivity contribution is -0.161. The molecule has 4 aromatic carbocycles. The van der Waals surface area contributed by atoms with Crippen LogP contribution in [0.2, 0.25) is 0 Å². The van der Waals surface area contributed by atoms with E-state index in [1.807, 2.05) is 13.0 Å². The van der Waals surface area contributed by atoms with Gasteiger partial charge >= 0.3 is 5.97 Å². The first kappa shape index (κ1) is 22.9. The molecule has 6 rings (SSSR count). The van der Waals surface area contributed by atoms with Crippen LogP contribution in [0, 0.1) is 13.8 Å². The van der Waals surface area contributed by atoms with Crippen molar-refractivity contribution in [3.8, 4) is 5.75 Å². The van der Waals surface area contributed by atoms with E-state index >= 15 is 0 Å². The Labute approximate surface area is 215 Å². The molecule has 0 spiro atoms. The number of carbonyl (C=O) groups excluding carboxylic acids is 1. The van der Waals surface area contributed by atoms with E-state index in [0.717, 1.165) is 22.4 Å². The molecule has 0 saturated carbocycles. The molecule has 0 radical (unpaired) electrons. The first-order chi connectivity index (χ1) is 17.3. The second-order valence-electron chi connectivity index (χ2n) is 10.1. The molecule has 182 valence electrons. The number of aryl methyl sites for hydroxylation is 2. The van der Waals surface area contributed by atoms with Gasteiger partial charge in [-0.2, -0.15) is 10.9 Å². The van der Waals surface area contributed by atoms with Crippen LogP contribution in [0.15, 0.2) is 87.5 Å². The Kier molecular flexibility index (Phi) is 5.45. The highest BCUT2D eigenvalue weighted by Gasteiger charge is 2.39. The molecule has 0 amide bonds. The largest absolute Gasteiger partial charge is 0.481 e. The van der Waals surface area contributed by atoms with Gasteiger partial charge in [-0.15, -0.1) is 0 Å². The van der Waals surface area contributed by atoms with Gasteiger partial charge in [-0.25, -0.2) is 4.79 Å². The van der Waals surface area contributed by atoms with Crippen LogP contribution in [-0.2, 0) is 21.6 Å². The highest BCUT2D eigenvalue weighted by atomic mass is 32.2.